The van der Waals surface area contributed by atoms with Crippen molar-refractivity contribution in [2.45, 2.75) is 52.6 Å². The van der Waals surface area contributed by atoms with Crippen LogP contribution in [-0.4, -0.2) is 23.5 Å². The first-order valence-electron chi connectivity index (χ1n) is 4.87. The van der Waals surface area contributed by atoms with E-state index in [1.807, 2.05) is 0 Å². The van der Waals surface area contributed by atoms with E-state index in [4.69, 9.17) is 0 Å². The molecule has 1 saturated heterocycles. The van der Waals surface area contributed by atoms with Crippen molar-refractivity contribution in [2.24, 2.45) is 5.92 Å². The number of rotatable bonds is 1. The molecule has 1 rings (SSSR count). The maximum Gasteiger partial charge on any atom is 0.00721 e. The van der Waals surface area contributed by atoms with Gasteiger partial charge in [-0.3, -0.25) is 4.90 Å². The van der Waals surface area contributed by atoms with Crippen LogP contribution in [0.1, 0.15) is 40.5 Å². The van der Waals surface area contributed by atoms with Gasteiger partial charge in [-0.15, -0.1) is 0 Å². The summed E-state index contributed by atoms with van der Waals surface area (Å²) in [7, 11) is 0. The molecule has 0 aromatic rings. The maximum absolute atomic E-state index is 2.61. The molecule has 2 atom stereocenters. The summed E-state index contributed by atoms with van der Waals surface area (Å²) in [5.74, 6) is 0.944. The van der Waals surface area contributed by atoms with E-state index >= 15 is 0 Å². The van der Waals surface area contributed by atoms with Gasteiger partial charge in [0.05, 0.1) is 0 Å². The second kappa shape index (κ2) is 3.57. The van der Waals surface area contributed by atoms with Crippen molar-refractivity contribution in [3.05, 3.63) is 0 Å². The van der Waals surface area contributed by atoms with Crippen LogP contribution < -0.4 is 0 Å². The Bertz CT molecular complexity index is 120. The van der Waals surface area contributed by atoms with Crippen LogP contribution in [0.15, 0.2) is 0 Å². The van der Waals surface area contributed by atoms with Crippen LogP contribution >= 0.6 is 0 Å². The second-order valence-electron chi connectivity index (χ2n) is 4.31. The molecule has 0 aliphatic carbocycles. The maximum atomic E-state index is 2.61. The van der Waals surface area contributed by atoms with Gasteiger partial charge in [0.15, 0.2) is 0 Å². The molecular weight excluding hydrogens is 134 g/mol. The summed E-state index contributed by atoms with van der Waals surface area (Å²) in [6, 6.07) is 1.54. The molecule has 0 N–H and O–H groups in total. The van der Waals surface area contributed by atoms with E-state index in [-0.39, 0.29) is 0 Å². The summed E-state index contributed by atoms with van der Waals surface area (Å²) < 4.78 is 0. The van der Waals surface area contributed by atoms with Crippen LogP contribution in [0.25, 0.3) is 0 Å². The fourth-order valence-electron chi connectivity index (χ4n) is 2.19. The zero-order valence-corrected chi connectivity index (χ0v) is 8.30. The number of nitrogens with zero attached hydrogens (tertiary/aromatic N) is 1. The molecule has 0 radical (unpaired) electrons. The lowest BCUT2D eigenvalue weighted by atomic mass is 9.92. The minimum atomic E-state index is 0.734. The molecule has 0 saturated carbocycles. The average molecular weight is 155 g/mol. The molecule has 1 aliphatic rings. The Balaban J connectivity index is 2.44. The zero-order valence-electron chi connectivity index (χ0n) is 8.30. The minimum absolute atomic E-state index is 0.734. The van der Waals surface area contributed by atoms with E-state index in [1.165, 1.54) is 19.4 Å². The first-order chi connectivity index (χ1) is 5.11. The highest BCUT2D eigenvalue weighted by molar-refractivity contribution is 4.78. The summed E-state index contributed by atoms with van der Waals surface area (Å²) in [6.07, 6.45) is 2.78. The van der Waals surface area contributed by atoms with Crippen LogP contribution in [-0.2, 0) is 0 Å². The van der Waals surface area contributed by atoms with E-state index in [1.54, 1.807) is 0 Å². The van der Waals surface area contributed by atoms with Gasteiger partial charge in [0.2, 0.25) is 0 Å². The molecule has 1 fully saturated rings. The van der Waals surface area contributed by atoms with Gasteiger partial charge in [-0.1, -0.05) is 6.92 Å². The number of hydrogen-bond donors (Lipinski definition) is 0. The summed E-state index contributed by atoms with van der Waals surface area (Å²) in [5, 5.41) is 0. The summed E-state index contributed by atoms with van der Waals surface area (Å²) >= 11 is 0. The molecule has 1 heteroatoms. The van der Waals surface area contributed by atoms with Gasteiger partial charge in [-0.2, -0.15) is 0 Å². The number of piperidine rings is 1. The molecule has 0 spiro atoms. The molecule has 1 aliphatic heterocycles. The molecule has 0 amide bonds. The van der Waals surface area contributed by atoms with Gasteiger partial charge < -0.3 is 0 Å². The lowest BCUT2D eigenvalue weighted by molar-refractivity contribution is 0.0974. The third kappa shape index (κ3) is 2.19. The van der Waals surface area contributed by atoms with Gasteiger partial charge in [0, 0.05) is 12.1 Å². The third-order valence-electron chi connectivity index (χ3n) is 2.85. The zero-order chi connectivity index (χ0) is 8.43. The fraction of sp³-hybridized carbons (Fsp3) is 1.00. The highest BCUT2D eigenvalue weighted by atomic mass is 15.2. The van der Waals surface area contributed by atoms with Crippen molar-refractivity contribution in [1.29, 1.82) is 0 Å². The predicted molar refractivity (Wildman–Crippen MR) is 49.7 cm³/mol. The Morgan fingerprint density at radius 3 is 2.36 bits per heavy atom. The topological polar surface area (TPSA) is 3.24 Å². The van der Waals surface area contributed by atoms with Crippen molar-refractivity contribution in [1.82, 2.24) is 4.90 Å². The molecular formula is C10H21N. The minimum Gasteiger partial charge on any atom is -0.298 e. The second-order valence-corrected chi connectivity index (χ2v) is 4.31. The standard InChI is InChI=1S/C10H21N/c1-8(2)11-6-5-9(3)7-10(11)4/h8-10H,5-7H2,1-4H3/t9-,10+/m0/s1. The number of hydrogen-bond acceptors (Lipinski definition) is 1. The first-order valence-corrected chi connectivity index (χ1v) is 4.87. The van der Waals surface area contributed by atoms with Crippen LogP contribution in [0, 0.1) is 5.92 Å². The van der Waals surface area contributed by atoms with Crippen LogP contribution in [0.4, 0.5) is 0 Å². The molecule has 1 heterocycles. The predicted octanol–water partition coefficient (Wildman–Crippen LogP) is 2.52. The molecule has 0 unspecified atom stereocenters. The van der Waals surface area contributed by atoms with E-state index in [2.05, 4.69) is 32.6 Å². The highest BCUT2D eigenvalue weighted by Crippen LogP contribution is 2.23. The largest absolute Gasteiger partial charge is 0.298 e. The SMILES string of the molecule is CC(C)N1CC[C@H](C)C[C@H]1C. The lowest BCUT2D eigenvalue weighted by Crippen LogP contribution is -2.44. The van der Waals surface area contributed by atoms with Gasteiger partial charge >= 0.3 is 0 Å². The van der Waals surface area contributed by atoms with Crippen molar-refractivity contribution in [3.63, 3.8) is 0 Å². The van der Waals surface area contributed by atoms with E-state index < -0.39 is 0 Å². The van der Waals surface area contributed by atoms with Gasteiger partial charge in [0.1, 0.15) is 0 Å². The fourth-order valence-corrected chi connectivity index (χ4v) is 2.19. The van der Waals surface area contributed by atoms with Crippen molar-refractivity contribution in [3.8, 4) is 0 Å². The molecule has 0 bridgehead atoms. The van der Waals surface area contributed by atoms with E-state index in [0.717, 1.165) is 18.0 Å². The molecule has 66 valence electrons. The van der Waals surface area contributed by atoms with E-state index in [9.17, 15) is 0 Å². The molecule has 0 aromatic carbocycles. The van der Waals surface area contributed by atoms with Crippen LogP contribution in [0.3, 0.4) is 0 Å². The highest BCUT2D eigenvalue weighted by Gasteiger charge is 2.23. The normalized spacial score (nSPS) is 34.6. The molecule has 0 aromatic heterocycles. The van der Waals surface area contributed by atoms with Crippen LogP contribution in [0.5, 0.6) is 0 Å². The lowest BCUT2D eigenvalue weighted by Gasteiger charge is -2.39. The molecule has 1 nitrogen and oxygen atoms in total. The third-order valence-corrected chi connectivity index (χ3v) is 2.85. The first kappa shape index (κ1) is 9.05. The van der Waals surface area contributed by atoms with E-state index in [0.29, 0.717) is 0 Å². The quantitative estimate of drug-likeness (QED) is 0.562. The Hall–Kier alpha value is -0.0400. The Morgan fingerprint density at radius 2 is 1.91 bits per heavy atom. The average Bonchev–Trinajstić information content (AvgIpc) is 1.85. The van der Waals surface area contributed by atoms with Crippen LogP contribution in [0.2, 0.25) is 0 Å². The van der Waals surface area contributed by atoms with Gasteiger partial charge in [0.25, 0.3) is 0 Å². The monoisotopic (exact) mass is 155 g/mol. The molecule has 11 heavy (non-hydrogen) atoms. The Morgan fingerprint density at radius 1 is 1.27 bits per heavy atom. The number of likely N-dealkylation sites (tertiary alicyclic amines) is 1. The van der Waals surface area contributed by atoms with Gasteiger partial charge in [-0.25, -0.2) is 0 Å². The van der Waals surface area contributed by atoms with Crippen molar-refractivity contribution in [2.75, 3.05) is 6.54 Å². The Kier molecular flexibility index (Phi) is 2.94. The smallest absolute Gasteiger partial charge is 0.00721 e. The summed E-state index contributed by atoms with van der Waals surface area (Å²) in [6.45, 7) is 10.6. The van der Waals surface area contributed by atoms with Crippen molar-refractivity contribution < 1.29 is 0 Å². The van der Waals surface area contributed by atoms with Crippen molar-refractivity contribution >= 4 is 0 Å². The summed E-state index contributed by atoms with van der Waals surface area (Å²) in [4.78, 5) is 2.61. The van der Waals surface area contributed by atoms with Gasteiger partial charge in [-0.05, 0) is 46.1 Å². The summed E-state index contributed by atoms with van der Waals surface area (Å²) in [5.41, 5.74) is 0. The Labute approximate surface area is 70.8 Å².